The standard InChI is InChI=1S/C13H21N3O/c1-10-9-12(3-4-13(10)14)16-7-5-15(6-8-16)11(2)17/h3-4,9,11,17H,5-8,14H2,1-2H3. The molecular weight excluding hydrogens is 214 g/mol. The second-order valence-corrected chi connectivity index (χ2v) is 4.70. The molecule has 17 heavy (non-hydrogen) atoms. The van der Waals surface area contributed by atoms with E-state index in [4.69, 9.17) is 5.73 Å². The van der Waals surface area contributed by atoms with Crippen LogP contribution in [0, 0.1) is 6.92 Å². The van der Waals surface area contributed by atoms with Crippen molar-refractivity contribution in [3.05, 3.63) is 23.8 Å². The normalized spacial score (nSPS) is 19.4. The van der Waals surface area contributed by atoms with Gasteiger partial charge in [0.15, 0.2) is 0 Å². The molecule has 0 spiro atoms. The molecule has 1 fully saturated rings. The zero-order valence-corrected chi connectivity index (χ0v) is 10.6. The molecule has 1 aliphatic heterocycles. The van der Waals surface area contributed by atoms with E-state index in [1.54, 1.807) is 0 Å². The summed E-state index contributed by atoms with van der Waals surface area (Å²) in [5.41, 5.74) is 9.01. The molecule has 0 aliphatic carbocycles. The minimum Gasteiger partial charge on any atom is -0.399 e. The van der Waals surface area contributed by atoms with Gasteiger partial charge in [-0.2, -0.15) is 0 Å². The van der Waals surface area contributed by atoms with Crippen molar-refractivity contribution >= 4 is 11.4 Å². The van der Waals surface area contributed by atoms with Crippen LogP contribution in [0.3, 0.4) is 0 Å². The molecule has 4 heteroatoms. The third kappa shape index (κ3) is 2.70. The molecule has 2 rings (SSSR count). The van der Waals surface area contributed by atoms with Crippen molar-refractivity contribution in [3.8, 4) is 0 Å². The Hall–Kier alpha value is -1.26. The fourth-order valence-electron chi connectivity index (χ4n) is 2.21. The van der Waals surface area contributed by atoms with Crippen molar-refractivity contribution in [2.24, 2.45) is 0 Å². The van der Waals surface area contributed by atoms with Gasteiger partial charge in [-0.1, -0.05) is 0 Å². The van der Waals surface area contributed by atoms with Crippen molar-refractivity contribution < 1.29 is 5.11 Å². The Morgan fingerprint density at radius 2 is 1.88 bits per heavy atom. The van der Waals surface area contributed by atoms with Crippen LogP contribution < -0.4 is 10.6 Å². The summed E-state index contributed by atoms with van der Waals surface area (Å²) in [4.78, 5) is 4.42. The lowest BCUT2D eigenvalue weighted by Gasteiger charge is -2.37. The zero-order chi connectivity index (χ0) is 12.4. The lowest BCUT2D eigenvalue weighted by Crippen LogP contribution is -2.49. The summed E-state index contributed by atoms with van der Waals surface area (Å²) < 4.78 is 0. The van der Waals surface area contributed by atoms with Crippen LogP contribution in [-0.4, -0.2) is 42.4 Å². The van der Waals surface area contributed by atoms with Gasteiger partial charge in [-0.3, -0.25) is 4.90 Å². The smallest absolute Gasteiger partial charge is 0.104 e. The van der Waals surface area contributed by atoms with E-state index >= 15 is 0 Å². The molecule has 94 valence electrons. The molecule has 0 aromatic heterocycles. The first kappa shape index (κ1) is 12.2. The first-order valence-corrected chi connectivity index (χ1v) is 6.11. The Labute approximate surface area is 103 Å². The Kier molecular flexibility index (Phi) is 3.54. The van der Waals surface area contributed by atoms with Crippen LogP contribution in [0.25, 0.3) is 0 Å². The van der Waals surface area contributed by atoms with Crippen LogP contribution in [0.1, 0.15) is 12.5 Å². The highest BCUT2D eigenvalue weighted by Gasteiger charge is 2.19. The molecule has 0 saturated carbocycles. The number of rotatable bonds is 2. The van der Waals surface area contributed by atoms with E-state index in [1.807, 2.05) is 19.9 Å². The predicted octanol–water partition coefficient (Wildman–Crippen LogP) is 1.04. The van der Waals surface area contributed by atoms with Gasteiger partial charge in [0.05, 0.1) is 0 Å². The molecule has 4 nitrogen and oxygen atoms in total. The summed E-state index contributed by atoms with van der Waals surface area (Å²) in [6.07, 6.45) is -0.342. The molecule has 0 amide bonds. The molecule has 1 saturated heterocycles. The molecule has 1 aromatic carbocycles. The topological polar surface area (TPSA) is 52.7 Å². The van der Waals surface area contributed by atoms with Gasteiger partial charge in [-0.15, -0.1) is 0 Å². The summed E-state index contributed by atoms with van der Waals surface area (Å²) in [5, 5.41) is 9.51. The summed E-state index contributed by atoms with van der Waals surface area (Å²) >= 11 is 0. The Morgan fingerprint density at radius 1 is 1.24 bits per heavy atom. The molecule has 0 bridgehead atoms. The van der Waals surface area contributed by atoms with Gasteiger partial charge in [0, 0.05) is 37.6 Å². The molecule has 1 unspecified atom stereocenters. The van der Waals surface area contributed by atoms with Crippen LogP contribution in [0.15, 0.2) is 18.2 Å². The number of nitrogens with two attached hydrogens (primary N) is 1. The molecule has 1 aliphatic rings. The van der Waals surface area contributed by atoms with Gasteiger partial charge in [0.25, 0.3) is 0 Å². The molecule has 1 atom stereocenters. The fraction of sp³-hybridized carbons (Fsp3) is 0.538. The summed E-state index contributed by atoms with van der Waals surface area (Å²) in [5.74, 6) is 0. The van der Waals surface area contributed by atoms with Crippen molar-refractivity contribution in [2.75, 3.05) is 36.8 Å². The lowest BCUT2D eigenvalue weighted by molar-refractivity contribution is 0.0153. The number of nitrogens with zero attached hydrogens (tertiary/aromatic N) is 2. The van der Waals surface area contributed by atoms with Crippen LogP contribution in [0.4, 0.5) is 11.4 Å². The van der Waals surface area contributed by atoms with Crippen molar-refractivity contribution in [1.82, 2.24) is 4.90 Å². The van der Waals surface area contributed by atoms with E-state index in [2.05, 4.69) is 21.9 Å². The van der Waals surface area contributed by atoms with Crippen LogP contribution in [-0.2, 0) is 0 Å². The van der Waals surface area contributed by atoms with Crippen molar-refractivity contribution in [3.63, 3.8) is 0 Å². The van der Waals surface area contributed by atoms with Crippen LogP contribution in [0.5, 0.6) is 0 Å². The van der Waals surface area contributed by atoms with Crippen LogP contribution in [0.2, 0.25) is 0 Å². The third-order valence-electron chi connectivity index (χ3n) is 3.46. The highest BCUT2D eigenvalue weighted by molar-refractivity contribution is 5.58. The molecular formula is C13H21N3O. The summed E-state index contributed by atoms with van der Waals surface area (Å²) in [7, 11) is 0. The minimum atomic E-state index is -0.342. The number of anilines is 2. The maximum Gasteiger partial charge on any atom is 0.104 e. The second kappa shape index (κ2) is 4.94. The maximum absolute atomic E-state index is 9.51. The second-order valence-electron chi connectivity index (χ2n) is 4.70. The predicted molar refractivity (Wildman–Crippen MR) is 71.1 cm³/mol. The lowest BCUT2D eigenvalue weighted by atomic mass is 10.1. The van der Waals surface area contributed by atoms with E-state index < -0.39 is 0 Å². The van der Waals surface area contributed by atoms with Gasteiger partial charge in [-0.25, -0.2) is 0 Å². The van der Waals surface area contributed by atoms with E-state index in [-0.39, 0.29) is 6.23 Å². The monoisotopic (exact) mass is 235 g/mol. The fourth-order valence-corrected chi connectivity index (χ4v) is 2.21. The Balaban J connectivity index is 2.03. The highest BCUT2D eigenvalue weighted by atomic mass is 16.3. The minimum absolute atomic E-state index is 0.342. The number of nitrogen functional groups attached to an aromatic ring is 1. The Morgan fingerprint density at radius 3 is 2.41 bits per heavy atom. The maximum atomic E-state index is 9.51. The number of hydrogen-bond acceptors (Lipinski definition) is 4. The van der Waals surface area contributed by atoms with Crippen LogP contribution >= 0.6 is 0 Å². The largest absolute Gasteiger partial charge is 0.399 e. The average molecular weight is 235 g/mol. The van der Waals surface area contributed by atoms with Crippen molar-refractivity contribution in [2.45, 2.75) is 20.1 Å². The van der Waals surface area contributed by atoms with Gasteiger partial charge in [-0.05, 0) is 37.6 Å². The quantitative estimate of drug-likeness (QED) is 0.752. The molecule has 1 aromatic rings. The zero-order valence-electron chi connectivity index (χ0n) is 10.6. The third-order valence-corrected chi connectivity index (χ3v) is 3.46. The van der Waals surface area contributed by atoms with E-state index in [0.29, 0.717) is 0 Å². The van der Waals surface area contributed by atoms with Gasteiger partial charge in [0.1, 0.15) is 6.23 Å². The number of aliphatic hydroxyl groups is 1. The summed E-state index contributed by atoms with van der Waals surface area (Å²) in [6.45, 7) is 7.57. The highest BCUT2D eigenvalue weighted by Crippen LogP contribution is 2.21. The number of aryl methyl sites for hydroxylation is 1. The first-order valence-electron chi connectivity index (χ1n) is 6.11. The Bertz CT molecular complexity index is 384. The van der Waals surface area contributed by atoms with E-state index in [1.165, 1.54) is 5.69 Å². The number of piperazine rings is 1. The molecule has 3 N–H and O–H groups in total. The SMILES string of the molecule is Cc1cc(N2CCN(C(C)O)CC2)ccc1N. The van der Waals surface area contributed by atoms with E-state index in [0.717, 1.165) is 37.4 Å². The van der Waals surface area contributed by atoms with Gasteiger partial charge < -0.3 is 15.7 Å². The van der Waals surface area contributed by atoms with Gasteiger partial charge >= 0.3 is 0 Å². The van der Waals surface area contributed by atoms with E-state index in [9.17, 15) is 5.11 Å². The molecule has 1 heterocycles. The summed E-state index contributed by atoms with van der Waals surface area (Å²) in [6, 6.07) is 6.17. The average Bonchev–Trinajstić information content (AvgIpc) is 2.33. The number of aliphatic hydroxyl groups excluding tert-OH is 1. The van der Waals surface area contributed by atoms with Gasteiger partial charge in [0.2, 0.25) is 0 Å². The number of benzene rings is 1. The van der Waals surface area contributed by atoms with Crippen molar-refractivity contribution in [1.29, 1.82) is 0 Å². The first-order chi connectivity index (χ1) is 8.08. The number of hydrogen-bond donors (Lipinski definition) is 2. The molecule has 0 radical (unpaired) electrons.